The van der Waals surface area contributed by atoms with E-state index in [0.29, 0.717) is 23.0 Å². The lowest BCUT2D eigenvalue weighted by Gasteiger charge is -2.10. The smallest absolute Gasteiger partial charge is 0.309 e. The number of benzene rings is 1. The van der Waals surface area contributed by atoms with E-state index >= 15 is 0 Å². The zero-order chi connectivity index (χ0) is 14.7. The van der Waals surface area contributed by atoms with Gasteiger partial charge < -0.3 is 14.2 Å². The minimum absolute atomic E-state index is 0.0463. The van der Waals surface area contributed by atoms with Crippen LogP contribution in [0.1, 0.15) is 23.7 Å². The molecular weight excluding hydrogens is 260 g/mol. The van der Waals surface area contributed by atoms with E-state index < -0.39 is 0 Å². The van der Waals surface area contributed by atoms with E-state index in [-0.39, 0.29) is 24.3 Å². The van der Waals surface area contributed by atoms with Crippen LogP contribution in [0.25, 0.3) is 0 Å². The molecule has 0 heterocycles. The maximum absolute atomic E-state index is 12.1. The van der Waals surface area contributed by atoms with Crippen LogP contribution < -0.4 is 9.47 Å². The number of esters is 1. The number of Topliss-reactive ketones (excluding diaryl/α,β-unsaturated/α-hetero) is 1. The Morgan fingerprint density at radius 3 is 2.50 bits per heavy atom. The Kier molecular flexibility index (Phi) is 4.27. The molecule has 1 fully saturated rings. The summed E-state index contributed by atoms with van der Waals surface area (Å²) in [7, 11) is 3.00. The average molecular weight is 278 g/mol. The van der Waals surface area contributed by atoms with Gasteiger partial charge in [0.2, 0.25) is 5.78 Å². The van der Waals surface area contributed by atoms with Crippen LogP contribution in [-0.4, -0.2) is 32.6 Å². The third-order valence-electron chi connectivity index (χ3n) is 3.46. The molecule has 0 bridgehead atoms. The van der Waals surface area contributed by atoms with E-state index in [0.717, 1.165) is 6.42 Å². The molecule has 108 valence electrons. The van der Waals surface area contributed by atoms with Crippen LogP contribution in [0.3, 0.4) is 0 Å². The zero-order valence-corrected chi connectivity index (χ0v) is 11.8. The van der Waals surface area contributed by atoms with Gasteiger partial charge in [-0.3, -0.25) is 9.59 Å². The van der Waals surface area contributed by atoms with Gasteiger partial charge in [-0.05, 0) is 30.5 Å². The maximum Gasteiger partial charge on any atom is 0.309 e. The number of hydrogen-bond donors (Lipinski definition) is 0. The first kappa shape index (κ1) is 14.4. The minimum Gasteiger partial charge on any atom is -0.497 e. The molecule has 0 amide bonds. The molecule has 1 aromatic carbocycles. The fourth-order valence-corrected chi connectivity index (χ4v) is 2.00. The van der Waals surface area contributed by atoms with Crippen molar-refractivity contribution in [3.8, 4) is 11.5 Å². The predicted octanol–water partition coefficient (Wildman–Crippen LogP) is 2.09. The summed E-state index contributed by atoms with van der Waals surface area (Å²) in [4.78, 5) is 23.7. The average Bonchev–Trinajstić information content (AvgIpc) is 3.20. The van der Waals surface area contributed by atoms with Crippen LogP contribution in [0.4, 0.5) is 0 Å². The summed E-state index contributed by atoms with van der Waals surface area (Å²) < 4.78 is 15.3. The second kappa shape index (κ2) is 5.94. The molecule has 0 radical (unpaired) electrons. The molecule has 0 aliphatic heterocycles. The van der Waals surface area contributed by atoms with Crippen molar-refractivity contribution in [2.45, 2.75) is 13.3 Å². The Morgan fingerprint density at radius 2 is 1.95 bits per heavy atom. The standard InChI is InChI=1S/C15H18O5/c1-9-6-11(9)15(17)20-8-13(16)12-7-10(18-2)4-5-14(12)19-3/h4-5,7,9,11H,6,8H2,1-3H3/t9-,11-/m0/s1. The van der Waals surface area contributed by atoms with Gasteiger partial charge in [-0.1, -0.05) is 6.92 Å². The van der Waals surface area contributed by atoms with Crippen molar-refractivity contribution in [3.05, 3.63) is 23.8 Å². The number of rotatable bonds is 6. The van der Waals surface area contributed by atoms with Gasteiger partial charge in [0.25, 0.3) is 0 Å². The summed E-state index contributed by atoms with van der Waals surface area (Å²) in [6, 6.07) is 4.93. The van der Waals surface area contributed by atoms with Crippen molar-refractivity contribution in [2.75, 3.05) is 20.8 Å². The highest BCUT2D eigenvalue weighted by Crippen LogP contribution is 2.38. The molecule has 0 unspecified atom stereocenters. The zero-order valence-electron chi connectivity index (χ0n) is 11.8. The largest absolute Gasteiger partial charge is 0.497 e. The topological polar surface area (TPSA) is 61.8 Å². The van der Waals surface area contributed by atoms with Gasteiger partial charge in [0.1, 0.15) is 11.5 Å². The lowest BCUT2D eigenvalue weighted by molar-refractivity contribution is -0.144. The predicted molar refractivity (Wildman–Crippen MR) is 72.1 cm³/mol. The van der Waals surface area contributed by atoms with Crippen LogP contribution in [0.5, 0.6) is 11.5 Å². The molecule has 1 aliphatic rings. The first-order valence-corrected chi connectivity index (χ1v) is 6.48. The molecule has 5 nitrogen and oxygen atoms in total. The second-order valence-electron chi connectivity index (χ2n) is 4.92. The molecule has 5 heteroatoms. The first-order valence-electron chi connectivity index (χ1n) is 6.48. The van der Waals surface area contributed by atoms with Crippen LogP contribution in [0.2, 0.25) is 0 Å². The molecule has 1 saturated carbocycles. The van der Waals surface area contributed by atoms with Crippen molar-refractivity contribution in [3.63, 3.8) is 0 Å². The lowest BCUT2D eigenvalue weighted by Crippen LogP contribution is -2.16. The summed E-state index contributed by atoms with van der Waals surface area (Å²) in [6.07, 6.45) is 0.843. The van der Waals surface area contributed by atoms with Crippen molar-refractivity contribution >= 4 is 11.8 Å². The Labute approximate surface area is 117 Å². The third-order valence-corrected chi connectivity index (χ3v) is 3.46. The van der Waals surface area contributed by atoms with Gasteiger partial charge in [0, 0.05) is 0 Å². The molecule has 2 rings (SSSR count). The van der Waals surface area contributed by atoms with Crippen LogP contribution >= 0.6 is 0 Å². The normalized spacial score (nSPS) is 20.1. The number of ketones is 1. The molecule has 1 aliphatic carbocycles. The van der Waals surface area contributed by atoms with Gasteiger partial charge in [0.15, 0.2) is 6.61 Å². The summed E-state index contributed by atoms with van der Waals surface area (Å²) in [5.74, 6) is 0.706. The highest BCUT2D eigenvalue weighted by atomic mass is 16.5. The van der Waals surface area contributed by atoms with Gasteiger partial charge >= 0.3 is 5.97 Å². The summed E-state index contributed by atoms with van der Waals surface area (Å²) in [5.41, 5.74) is 0.350. The Hall–Kier alpha value is -2.04. The van der Waals surface area contributed by atoms with E-state index in [1.165, 1.54) is 14.2 Å². The quantitative estimate of drug-likeness (QED) is 0.589. The summed E-state index contributed by atoms with van der Waals surface area (Å²) in [5, 5.41) is 0. The van der Waals surface area contributed by atoms with Gasteiger partial charge in [-0.25, -0.2) is 0 Å². The van der Waals surface area contributed by atoms with Crippen molar-refractivity contribution in [2.24, 2.45) is 11.8 Å². The lowest BCUT2D eigenvalue weighted by atomic mass is 10.1. The molecule has 20 heavy (non-hydrogen) atoms. The van der Waals surface area contributed by atoms with Crippen molar-refractivity contribution < 1.29 is 23.8 Å². The fraction of sp³-hybridized carbons (Fsp3) is 0.467. The first-order chi connectivity index (χ1) is 9.56. The number of hydrogen-bond acceptors (Lipinski definition) is 5. The summed E-state index contributed by atoms with van der Waals surface area (Å²) >= 11 is 0. The van der Waals surface area contributed by atoms with E-state index in [4.69, 9.17) is 14.2 Å². The molecule has 1 aromatic rings. The van der Waals surface area contributed by atoms with E-state index in [1.54, 1.807) is 18.2 Å². The van der Waals surface area contributed by atoms with Crippen molar-refractivity contribution in [1.82, 2.24) is 0 Å². The molecular formula is C15H18O5. The molecule has 0 N–H and O–H groups in total. The van der Waals surface area contributed by atoms with Gasteiger partial charge in [-0.15, -0.1) is 0 Å². The Morgan fingerprint density at radius 1 is 1.25 bits per heavy atom. The van der Waals surface area contributed by atoms with Crippen molar-refractivity contribution in [1.29, 1.82) is 0 Å². The van der Waals surface area contributed by atoms with Crippen LogP contribution in [-0.2, 0) is 9.53 Å². The maximum atomic E-state index is 12.1. The van der Waals surface area contributed by atoms with Crippen LogP contribution in [0, 0.1) is 11.8 Å². The highest BCUT2D eigenvalue weighted by Gasteiger charge is 2.40. The van der Waals surface area contributed by atoms with Crippen LogP contribution in [0.15, 0.2) is 18.2 Å². The Bertz CT molecular complexity index is 523. The fourth-order valence-electron chi connectivity index (χ4n) is 2.00. The molecule has 0 aromatic heterocycles. The molecule has 2 atom stereocenters. The molecule has 0 spiro atoms. The van der Waals surface area contributed by atoms with E-state index in [2.05, 4.69) is 0 Å². The van der Waals surface area contributed by atoms with Gasteiger partial charge in [0.05, 0.1) is 25.7 Å². The number of carbonyl (C=O) groups is 2. The van der Waals surface area contributed by atoms with E-state index in [9.17, 15) is 9.59 Å². The Balaban J connectivity index is 2.02. The number of carbonyl (C=O) groups excluding carboxylic acids is 2. The van der Waals surface area contributed by atoms with Gasteiger partial charge in [-0.2, -0.15) is 0 Å². The second-order valence-corrected chi connectivity index (χ2v) is 4.92. The minimum atomic E-state index is -0.303. The number of methoxy groups -OCH3 is 2. The monoisotopic (exact) mass is 278 g/mol. The summed E-state index contributed by atoms with van der Waals surface area (Å²) in [6.45, 7) is 1.71. The highest BCUT2D eigenvalue weighted by molar-refractivity contribution is 6.00. The number of ether oxygens (including phenoxy) is 3. The van der Waals surface area contributed by atoms with E-state index in [1.807, 2.05) is 6.92 Å². The molecule has 0 saturated heterocycles. The third kappa shape index (κ3) is 3.10. The SMILES string of the molecule is COc1ccc(OC)c(C(=O)COC(=O)[C@H]2C[C@@H]2C)c1.